The average Bonchev–Trinajstić information content (AvgIpc) is 3.16. The van der Waals surface area contributed by atoms with Crippen molar-refractivity contribution in [2.75, 3.05) is 0 Å². The minimum absolute atomic E-state index is 0.104. The zero-order valence-corrected chi connectivity index (χ0v) is 11.8. The number of rotatable bonds is 2. The number of nitrogens with zero attached hydrogens (tertiary/aromatic N) is 1. The Labute approximate surface area is 117 Å². The maximum Gasteiger partial charge on any atom is 0.251 e. The van der Waals surface area contributed by atoms with E-state index in [1.807, 2.05) is 12.1 Å². The summed E-state index contributed by atoms with van der Waals surface area (Å²) in [6.07, 6.45) is 2.25. The number of nitrogens with one attached hydrogen (secondary N) is 1. The van der Waals surface area contributed by atoms with Gasteiger partial charge in [-0.3, -0.25) is 4.79 Å². The van der Waals surface area contributed by atoms with Gasteiger partial charge in [-0.1, -0.05) is 11.6 Å². The van der Waals surface area contributed by atoms with Gasteiger partial charge in [-0.05, 0) is 47.0 Å². The molecule has 3 rings (SSSR count). The first-order valence-corrected chi connectivity index (χ1v) is 6.87. The maximum absolute atomic E-state index is 11.6. The lowest BCUT2D eigenvalue weighted by Crippen LogP contribution is -2.09. The fourth-order valence-electron chi connectivity index (χ4n) is 1.84. The highest BCUT2D eigenvalue weighted by Gasteiger charge is 2.25. The molecular weight excluding hydrogens is 316 g/mol. The van der Waals surface area contributed by atoms with E-state index in [4.69, 9.17) is 11.6 Å². The van der Waals surface area contributed by atoms with Crippen molar-refractivity contribution < 1.29 is 0 Å². The van der Waals surface area contributed by atoms with E-state index in [2.05, 4.69) is 25.9 Å². The second-order valence-corrected chi connectivity index (χ2v) is 5.68. The molecule has 1 aromatic heterocycles. The standard InChI is InChI=1S/C13H10BrClN2O/c14-9-5-8(3-4-10(9)15)13-16-11(7-1-2-7)6-12(18)17-13/h3-7H,1-2H2,(H,16,17,18). The Morgan fingerprint density at radius 3 is 2.78 bits per heavy atom. The summed E-state index contributed by atoms with van der Waals surface area (Å²) in [6.45, 7) is 0. The molecule has 1 saturated carbocycles. The van der Waals surface area contributed by atoms with E-state index in [1.54, 1.807) is 12.1 Å². The molecular formula is C13H10BrClN2O. The van der Waals surface area contributed by atoms with Crippen molar-refractivity contribution in [3.8, 4) is 11.4 Å². The van der Waals surface area contributed by atoms with Gasteiger partial charge in [-0.25, -0.2) is 4.98 Å². The summed E-state index contributed by atoms with van der Waals surface area (Å²) < 4.78 is 0.793. The van der Waals surface area contributed by atoms with Crippen LogP contribution in [-0.2, 0) is 0 Å². The summed E-state index contributed by atoms with van der Waals surface area (Å²) in [5.41, 5.74) is 1.64. The predicted octanol–water partition coefficient (Wildman–Crippen LogP) is 3.73. The lowest BCUT2D eigenvalue weighted by Gasteiger charge is -2.05. The van der Waals surface area contributed by atoms with Crippen LogP contribution < -0.4 is 5.56 Å². The van der Waals surface area contributed by atoms with Gasteiger partial charge in [0.25, 0.3) is 5.56 Å². The Hall–Kier alpha value is -1.13. The minimum atomic E-state index is -0.104. The number of benzene rings is 1. The fraction of sp³-hybridized carbons (Fsp3) is 0.231. The van der Waals surface area contributed by atoms with Crippen LogP contribution in [0.25, 0.3) is 11.4 Å². The van der Waals surface area contributed by atoms with Gasteiger partial charge >= 0.3 is 0 Å². The molecule has 92 valence electrons. The number of H-pyrrole nitrogens is 1. The number of hydrogen-bond donors (Lipinski definition) is 1. The van der Waals surface area contributed by atoms with E-state index in [0.29, 0.717) is 16.8 Å². The zero-order chi connectivity index (χ0) is 12.7. The molecule has 1 aliphatic carbocycles. The summed E-state index contributed by atoms with van der Waals surface area (Å²) >= 11 is 9.32. The van der Waals surface area contributed by atoms with Gasteiger partial charge in [0.15, 0.2) is 0 Å². The first kappa shape index (κ1) is 11.9. The summed E-state index contributed by atoms with van der Waals surface area (Å²) in [5.74, 6) is 1.06. The van der Waals surface area contributed by atoms with Crippen LogP contribution in [0.3, 0.4) is 0 Å². The Kier molecular flexibility index (Phi) is 2.99. The van der Waals surface area contributed by atoms with E-state index < -0.39 is 0 Å². The van der Waals surface area contributed by atoms with Crippen LogP contribution in [0.15, 0.2) is 33.5 Å². The van der Waals surface area contributed by atoms with Crippen LogP contribution >= 0.6 is 27.5 Å². The third kappa shape index (κ3) is 2.35. The second kappa shape index (κ2) is 4.52. The normalized spacial score (nSPS) is 14.8. The van der Waals surface area contributed by atoms with Crippen LogP contribution in [0.2, 0.25) is 5.02 Å². The molecule has 0 atom stereocenters. The van der Waals surface area contributed by atoms with Crippen molar-refractivity contribution in [3.63, 3.8) is 0 Å². The highest BCUT2D eigenvalue weighted by molar-refractivity contribution is 9.10. The molecule has 1 fully saturated rings. The SMILES string of the molecule is O=c1cc(C2CC2)nc(-c2ccc(Cl)c(Br)c2)[nH]1. The van der Waals surface area contributed by atoms with Crippen LogP contribution in [0, 0.1) is 0 Å². The van der Waals surface area contributed by atoms with E-state index in [9.17, 15) is 4.79 Å². The highest BCUT2D eigenvalue weighted by Crippen LogP contribution is 2.38. The van der Waals surface area contributed by atoms with Crippen molar-refractivity contribution in [1.29, 1.82) is 0 Å². The van der Waals surface area contributed by atoms with E-state index in [1.165, 1.54) is 0 Å². The van der Waals surface area contributed by atoms with Crippen LogP contribution in [-0.4, -0.2) is 9.97 Å². The molecule has 3 nitrogen and oxygen atoms in total. The molecule has 1 N–H and O–H groups in total. The largest absolute Gasteiger partial charge is 0.307 e. The molecule has 0 aliphatic heterocycles. The lowest BCUT2D eigenvalue weighted by molar-refractivity contribution is 0.977. The summed E-state index contributed by atoms with van der Waals surface area (Å²) in [6, 6.07) is 7.08. The van der Waals surface area contributed by atoms with E-state index in [0.717, 1.165) is 28.6 Å². The molecule has 0 saturated heterocycles. The quantitative estimate of drug-likeness (QED) is 0.914. The number of aromatic amines is 1. The van der Waals surface area contributed by atoms with Gasteiger partial charge in [0.1, 0.15) is 5.82 Å². The number of aromatic nitrogens is 2. The topological polar surface area (TPSA) is 45.8 Å². The Morgan fingerprint density at radius 2 is 2.11 bits per heavy atom. The van der Waals surface area contributed by atoms with Gasteiger partial charge in [-0.15, -0.1) is 0 Å². The molecule has 2 aromatic rings. The molecule has 0 radical (unpaired) electrons. The molecule has 0 spiro atoms. The molecule has 5 heteroatoms. The zero-order valence-electron chi connectivity index (χ0n) is 9.41. The Balaban J connectivity index is 2.09. The molecule has 1 aliphatic rings. The first-order chi connectivity index (χ1) is 8.63. The second-order valence-electron chi connectivity index (χ2n) is 4.42. The monoisotopic (exact) mass is 324 g/mol. The lowest BCUT2D eigenvalue weighted by atomic mass is 10.2. The molecule has 0 amide bonds. The molecule has 1 heterocycles. The van der Waals surface area contributed by atoms with Gasteiger partial charge < -0.3 is 4.98 Å². The van der Waals surface area contributed by atoms with E-state index >= 15 is 0 Å². The summed E-state index contributed by atoms with van der Waals surface area (Å²) in [7, 11) is 0. The number of hydrogen-bond acceptors (Lipinski definition) is 2. The first-order valence-electron chi connectivity index (χ1n) is 5.70. The molecule has 0 unspecified atom stereocenters. The van der Waals surface area contributed by atoms with Crippen molar-refractivity contribution in [2.24, 2.45) is 0 Å². The van der Waals surface area contributed by atoms with Crippen molar-refractivity contribution >= 4 is 27.5 Å². The Morgan fingerprint density at radius 1 is 1.33 bits per heavy atom. The van der Waals surface area contributed by atoms with Crippen molar-refractivity contribution in [3.05, 3.63) is 49.8 Å². The van der Waals surface area contributed by atoms with Gasteiger partial charge in [0.2, 0.25) is 0 Å². The van der Waals surface area contributed by atoms with Crippen LogP contribution in [0.4, 0.5) is 0 Å². The highest BCUT2D eigenvalue weighted by atomic mass is 79.9. The third-order valence-electron chi connectivity index (χ3n) is 2.95. The molecule has 1 aromatic carbocycles. The molecule has 0 bridgehead atoms. The Bertz CT molecular complexity index is 664. The van der Waals surface area contributed by atoms with Gasteiger partial charge in [0, 0.05) is 22.0 Å². The van der Waals surface area contributed by atoms with Crippen molar-refractivity contribution in [2.45, 2.75) is 18.8 Å². The molecule has 18 heavy (non-hydrogen) atoms. The van der Waals surface area contributed by atoms with Crippen LogP contribution in [0.1, 0.15) is 24.5 Å². The average molecular weight is 326 g/mol. The third-order valence-corrected chi connectivity index (χ3v) is 4.16. The summed E-state index contributed by atoms with van der Waals surface area (Å²) in [4.78, 5) is 18.9. The number of halogens is 2. The maximum atomic E-state index is 11.6. The van der Waals surface area contributed by atoms with Gasteiger partial charge in [-0.2, -0.15) is 0 Å². The minimum Gasteiger partial charge on any atom is -0.307 e. The fourth-order valence-corrected chi connectivity index (χ4v) is 2.34. The van der Waals surface area contributed by atoms with Gasteiger partial charge in [0.05, 0.1) is 10.7 Å². The summed E-state index contributed by atoms with van der Waals surface area (Å²) in [5, 5.41) is 0.638. The van der Waals surface area contributed by atoms with Crippen molar-refractivity contribution in [1.82, 2.24) is 9.97 Å². The van der Waals surface area contributed by atoms with Crippen LogP contribution in [0.5, 0.6) is 0 Å². The smallest absolute Gasteiger partial charge is 0.251 e. The predicted molar refractivity (Wildman–Crippen MR) is 75.0 cm³/mol. The van der Waals surface area contributed by atoms with E-state index in [-0.39, 0.29) is 5.56 Å².